The minimum Gasteiger partial charge on any atom is -0.351 e. The fourth-order valence-electron chi connectivity index (χ4n) is 2.01. The van der Waals surface area contributed by atoms with Crippen LogP contribution in [0.25, 0.3) is 10.9 Å². The Morgan fingerprint density at radius 3 is 2.90 bits per heavy atom. The number of rotatable bonds is 6. The summed E-state index contributed by atoms with van der Waals surface area (Å²) in [4.78, 5) is 16.6. The molecular weight excluding hydrogens is 284 g/mol. The lowest BCUT2D eigenvalue weighted by atomic mass is 10.1. The van der Waals surface area contributed by atoms with Crippen LogP contribution in [0.5, 0.6) is 0 Å². The van der Waals surface area contributed by atoms with Gasteiger partial charge in [-0.05, 0) is 24.8 Å². The number of hydrogen-bond donors (Lipinski definition) is 3. The third-order valence-corrected chi connectivity index (χ3v) is 4.38. The Morgan fingerprint density at radius 1 is 1.43 bits per heavy atom. The summed E-state index contributed by atoms with van der Waals surface area (Å²) < 4.78 is 0. The number of thioether (sulfide) groups is 1. The first-order valence-corrected chi connectivity index (χ1v) is 8.12. The van der Waals surface area contributed by atoms with E-state index in [1.165, 1.54) is 0 Å². The Balaban J connectivity index is 2.16. The third kappa shape index (κ3) is 3.86. The molecule has 0 bridgehead atoms. The molecule has 112 valence electrons. The molecule has 2 aromatic rings. The third-order valence-electron chi connectivity index (χ3n) is 3.34. The summed E-state index contributed by atoms with van der Waals surface area (Å²) in [5, 5.41) is 4.32. The first-order valence-electron chi connectivity index (χ1n) is 6.83. The van der Waals surface area contributed by atoms with E-state index in [4.69, 9.17) is 5.84 Å². The van der Waals surface area contributed by atoms with Crippen LogP contribution in [0.2, 0.25) is 0 Å². The second-order valence-electron chi connectivity index (χ2n) is 4.81. The molecule has 0 radical (unpaired) electrons. The van der Waals surface area contributed by atoms with Gasteiger partial charge in [-0.2, -0.15) is 11.8 Å². The van der Waals surface area contributed by atoms with E-state index in [1.54, 1.807) is 17.8 Å². The molecule has 1 atom stereocenters. The number of aromatic nitrogens is 1. The van der Waals surface area contributed by atoms with Crippen molar-refractivity contribution in [2.75, 3.05) is 18.2 Å². The number of nitrogens with one attached hydrogen (secondary N) is 2. The van der Waals surface area contributed by atoms with Gasteiger partial charge in [0.05, 0.1) is 11.2 Å². The molecule has 5 nitrogen and oxygen atoms in total. The van der Waals surface area contributed by atoms with Gasteiger partial charge in [0.25, 0.3) is 5.91 Å². The Labute approximate surface area is 128 Å². The molecule has 1 heterocycles. The van der Waals surface area contributed by atoms with Crippen molar-refractivity contribution in [3.05, 3.63) is 36.0 Å². The molecule has 0 saturated carbocycles. The molecule has 1 amide bonds. The summed E-state index contributed by atoms with van der Waals surface area (Å²) >= 11 is 1.79. The van der Waals surface area contributed by atoms with E-state index in [0.717, 1.165) is 17.3 Å². The van der Waals surface area contributed by atoms with E-state index in [9.17, 15) is 4.79 Å². The molecule has 1 aromatic carbocycles. The van der Waals surface area contributed by atoms with Gasteiger partial charge in [0.1, 0.15) is 5.69 Å². The SMILES string of the molecule is CSC(C)CCNC(=O)c1cc(NN)c2ccccc2n1. The number of nitrogens with two attached hydrogens (primary N) is 1. The first-order chi connectivity index (χ1) is 10.2. The van der Waals surface area contributed by atoms with Gasteiger partial charge < -0.3 is 10.7 Å². The Morgan fingerprint density at radius 2 is 2.19 bits per heavy atom. The molecular formula is C15H20N4OS. The number of nitrogen functional groups attached to an aromatic ring is 1. The molecule has 2 rings (SSSR count). The number of anilines is 1. The summed E-state index contributed by atoms with van der Waals surface area (Å²) in [6.45, 7) is 2.78. The second kappa shape index (κ2) is 7.28. The van der Waals surface area contributed by atoms with Gasteiger partial charge in [-0.3, -0.25) is 10.6 Å². The number of para-hydroxylation sites is 1. The van der Waals surface area contributed by atoms with Crippen LogP contribution in [0.3, 0.4) is 0 Å². The Hall–Kier alpha value is -1.79. The lowest BCUT2D eigenvalue weighted by molar-refractivity contribution is 0.0949. The largest absolute Gasteiger partial charge is 0.351 e. The number of benzene rings is 1. The van der Waals surface area contributed by atoms with Gasteiger partial charge in [-0.25, -0.2) is 4.98 Å². The molecule has 1 aromatic heterocycles. The van der Waals surface area contributed by atoms with E-state index in [0.29, 0.717) is 23.2 Å². The van der Waals surface area contributed by atoms with Crippen molar-refractivity contribution in [2.45, 2.75) is 18.6 Å². The van der Waals surface area contributed by atoms with Crippen LogP contribution in [-0.2, 0) is 0 Å². The predicted molar refractivity (Wildman–Crippen MR) is 89.5 cm³/mol. The maximum atomic E-state index is 12.2. The van der Waals surface area contributed by atoms with Gasteiger partial charge in [-0.1, -0.05) is 25.1 Å². The molecule has 6 heteroatoms. The fraction of sp³-hybridized carbons (Fsp3) is 0.333. The summed E-state index contributed by atoms with van der Waals surface area (Å²) in [6, 6.07) is 9.25. The molecule has 0 spiro atoms. The average molecular weight is 304 g/mol. The molecule has 0 aliphatic rings. The van der Waals surface area contributed by atoms with E-state index >= 15 is 0 Å². The monoisotopic (exact) mass is 304 g/mol. The van der Waals surface area contributed by atoms with E-state index < -0.39 is 0 Å². The number of fused-ring (bicyclic) bond motifs is 1. The van der Waals surface area contributed by atoms with Crippen LogP contribution in [0.1, 0.15) is 23.8 Å². The number of pyridine rings is 1. The minimum atomic E-state index is -0.175. The Kier molecular flexibility index (Phi) is 5.41. The summed E-state index contributed by atoms with van der Waals surface area (Å²) in [5.41, 5.74) is 4.44. The van der Waals surface area contributed by atoms with Crippen LogP contribution in [0, 0.1) is 0 Å². The lowest BCUT2D eigenvalue weighted by Crippen LogP contribution is -2.27. The maximum Gasteiger partial charge on any atom is 0.269 e. The normalized spacial score (nSPS) is 12.1. The van der Waals surface area contributed by atoms with Crippen LogP contribution in [0.4, 0.5) is 5.69 Å². The maximum absolute atomic E-state index is 12.2. The molecule has 0 saturated heterocycles. The van der Waals surface area contributed by atoms with Gasteiger partial charge in [0.15, 0.2) is 0 Å². The predicted octanol–water partition coefficient (Wildman–Crippen LogP) is 2.39. The van der Waals surface area contributed by atoms with Crippen molar-refractivity contribution in [3.63, 3.8) is 0 Å². The topological polar surface area (TPSA) is 80.0 Å². The molecule has 0 aliphatic heterocycles. The zero-order valence-corrected chi connectivity index (χ0v) is 13.0. The highest BCUT2D eigenvalue weighted by atomic mass is 32.2. The number of carbonyl (C=O) groups excluding carboxylic acids is 1. The van der Waals surface area contributed by atoms with Gasteiger partial charge >= 0.3 is 0 Å². The van der Waals surface area contributed by atoms with E-state index in [1.807, 2.05) is 24.3 Å². The molecule has 4 N–H and O–H groups in total. The van der Waals surface area contributed by atoms with E-state index in [2.05, 4.69) is 28.9 Å². The number of carbonyl (C=O) groups is 1. The number of amides is 1. The van der Waals surface area contributed by atoms with E-state index in [-0.39, 0.29) is 5.91 Å². The van der Waals surface area contributed by atoms with Crippen molar-refractivity contribution in [1.82, 2.24) is 10.3 Å². The molecule has 21 heavy (non-hydrogen) atoms. The van der Waals surface area contributed by atoms with Crippen LogP contribution < -0.4 is 16.6 Å². The summed E-state index contributed by atoms with van der Waals surface area (Å²) in [7, 11) is 0. The van der Waals surface area contributed by atoms with Crippen molar-refractivity contribution in [3.8, 4) is 0 Å². The molecule has 0 fully saturated rings. The van der Waals surface area contributed by atoms with Gasteiger partial charge in [0.2, 0.25) is 0 Å². The molecule has 1 unspecified atom stereocenters. The average Bonchev–Trinajstić information content (AvgIpc) is 2.53. The number of hydrazine groups is 1. The first kappa shape index (κ1) is 15.6. The zero-order valence-electron chi connectivity index (χ0n) is 12.2. The van der Waals surface area contributed by atoms with Crippen LogP contribution in [-0.4, -0.2) is 28.9 Å². The molecule has 0 aliphatic carbocycles. The van der Waals surface area contributed by atoms with Gasteiger partial charge in [0, 0.05) is 17.2 Å². The Bertz CT molecular complexity index is 632. The van der Waals surface area contributed by atoms with Crippen LogP contribution in [0.15, 0.2) is 30.3 Å². The van der Waals surface area contributed by atoms with Gasteiger partial charge in [-0.15, -0.1) is 0 Å². The highest BCUT2D eigenvalue weighted by Crippen LogP contribution is 2.22. The fourth-order valence-corrected chi connectivity index (χ4v) is 2.36. The smallest absolute Gasteiger partial charge is 0.269 e. The highest BCUT2D eigenvalue weighted by molar-refractivity contribution is 7.99. The number of hydrogen-bond acceptors (Lipinski definition) is 5. The van der Waals surface area contributed by atoms with Crippen LogP contribution >= 0.6 is 11.8 Å². The minimum absolute atomic E-state index is 0.175. The highest BCUT2D eigenvalue weighted by Gasteiger charge is 2.11. The van der Waals surface area contributed by atoms with Crippen molar-refractivity contribution >= 4 is 34.3 Å². The number of nitrogens with zero attached hydrogens (tertiary/aromatic N) is 1. The van der Waals surface area contributed by atoms with Crippen molar-refractivity contribution in [2.24, 2.45) is 5.84 Å². The summed E-state index contributed by atoms with van der Waals surface area (Å²) in [5.74, 6) is 5.36. The lowest BCUT2D eigenvalue weighted by Gasteiger charge is -2.11. The standard InChI is InChI=1S/C15H20N4OS/c1-10(21-2)7-8-17-15(20)14-9-13(19-16)11-5-3-4-6-12(11)18-14/h3-6,9-10H,7-8,16H2,1-2H3,(H,17,20)(H,18,19). The van der Waals surface area contributed by atoms with Crippen molar-refractivity contribution < 1.29 is 4.79 Å². The quantitative estimate of drug-likeness (QED) is 0.564. The summed E-state index contributed by atoms with van der Waals surface area (Å²) in [6.07, 6.45) is 3.00. The second-order valence-corrected chi connectivity index (χ2v) is 6.08. The zero-order chi connectivity index (χ0) is 15.2. The van der Waals surface area contributed by atoms with Crippen molar-refractivity contribution in [1.29, 1.82) is 0 Å².